The molecule has 1 aliphatic rings. The van der Waals surface area contributed by atoms with Crippen LogP contribution in [0.25, 0.3) is 0 Å². The van der Waals surface area contributed by atoms with Gasteiger partial charge in [-0.1, -0.05) is 50.1 Å². The number of hydrogen-bond donors (Lipinski definition) is 0. The summed E-state index contributed by atoms with van der Waals surface area (Å²) in [5, 5.41) is 0.703. The quantitative estimate of drug-likeness (QED) is 0.759. The molecule has 0 aromatic heterocycles. The minimum Gasteiger partial charge on any atom is -0.469 e. The summed E-state index contributed by atoms with van der Waals surface area (Å²) in [6.07, 6.45) is 5.26. The second kappa shape index (κ2) is 7.72. The van der Waals surface area contributed by atoms with Crippen LogP contribution in [0.3, 0.4) is 0 Å². The van der Waals surface area contributed by atoms with Gasteiger partial charge in [0, 0.05) is 11.0 Å². The minimum atomic E-state index is -0.136. The highest BCUT2D eigenvalue weighted by molar-refractivity contribution is 7.99. The monoisotopic (exact) mass is 292 g/mol. The van der Waals surface area contributed by atoms with Gasteiger partial charge in [-0.25, -0.2) is 0 Å². The summed E-state index contributed by atoms with van der Waals surface area (Å²) in [7, 11) is 1.48. The second-order valence-corrected chi connectivity index (χ2v) is 7.05. The van der Waals surface area contributed by atoms with Crippen LogP contribution in [-0.4, -0.2) is 24.1 Å². The van der Waals surface area contributed by atoms with E-state index in [1.165, 1.54) is 32.8 Å². The van der Waals surface area contributed by atoms with Crippen LogP contribution in [0.1, 0.15) is 44.1 Å². The number of ether oxygens (including phenoxy) is 1. The van der Waals surface area contributed by atoms with Gasteiger partial charge in [-0.15, -0.1) is 0 Å². The van der Waals surface area contributed by atoms with Crippen molar-refractivity contribution in [3.05, 3.63) is 35.9 Å². The van der Waals surface area contributed by atoms with E-state index in [2.05, 4.69) is 6.92 Å². The molecular formula is C17H24O2S. The van der Waals surface area contributed by atoms with E-state index in [9.17, 15) is 4.79 Å². The van der Waals surface area contributed by atoms with Gasteiger partial charge >= 0.3 is 5.97 Å². The van der Waals surface area contributed by atoms with Crippen molar-refractivity contribution in [3.8, 4) is 0 Å². The SMILES string of the molecule is COC(=O)C(CSC1CCCC(C)C1)c1ccccc1. The highest BCUT2D eigenvalue weighted by Crippen LogP contribution is 2.34. The van der Waals surface area contributed by atoms with Gasteiger partial charge in [0.15, 0.2) is 0 Å². The molecule has 0 spiro atoms. The van der Waals surface area contributed by atoms with Crippen molar-refractivity contribution >= 4 is 17.7 Å². The summed E-state index contributed by atoms with van der Waals surface area (Å²) in [6, 6.07) is 9.99. The first-order chi connectivity index (χ1) is 9.70. The van der Waals surface area contributed by atoms with Crippen LogP contribution in [0.4, 0.5) is 0 Å². The largest absolute Gasteiger partial charge is 0.469 e. The molecule has 2 rings (SSSR count). The Hall–Kier alpha value is -0.960. The lowest BCUT2D eigenvalue weighted by atomic mass is 9.91. The molecule has 1 aromatic rings. The number of benzene rings is 1. The molecule has 0 bridgehead atoms. The zero-order chi connectivity index (χ0) is 14.4. The van der Waals surface area contributed by atoms with Gasteiger partial charge in [-0.05, 0) is 24.3 Å². The lowest BCUT2D eigenvalue weighted by Crippen LogP contribution is -2.20. The molecular weight excluding hydrogens is 268 g/mol. The van der Waals surface area contributed by atoms with Gasteiger partial charge < -0.3 is 4.74 Å². The van der Waals surface area contributed by atoms with E-state index in [1.54, 1.807) is 0 Å². The van der Waals surface area contributed by atoms with E-state index in [4.69, 9.17) is 4.74 Å². The topological polar surface area (TPSA) is 26.3 Å². The molecule has 110 valence electrons. The van der Waals surface area contributed by atoms with Gasteiger partial charge in [0.25, 0.3) is 0 Å². The van der Waals surface area contributed by atoms with Crippen LogP contribution >= 0.6 is 11.8 Å². The summed E-state index contributed by atoms with van der Waals surface area (Å²) >= 11 is 1.95. The lowest BCUT2D eigenvalue weighted by molar-refractivity contribution is -0.141. The van der Waals surface area contributed by atoms with Crippen LogP contribution < -0.4 is 0 Å². The lowest BCUT2D eigenvalue weighted by Gasteiger charge is -2.27. The molecule has 1 aromatic carbocycles. The molecule has 0 amide bonds. The van der Waals surface area contributed by atoms with Crippen LogP contribution in [0.2, 0.25) is 0 Å². The summed E-state index contributed by atoms with van der Waals surface area (Å²) in [5.74, 6) is 1.40. The van der Waals surface area contributed by atoms with E-state index in [1.807, 2.05) is 42.1 Å². The van der Waals surface area contributed by atoms with Crippen molar-refractivity contribution in [1.29, 1.82) is 0 Å². The average Bonchev–Trinajstić information content (AvgIpc) is 2.48. The molecule has 1 aliphatic carbocycles. The third-order valence-corrected chi connectivity index (χ3v) is 5.50. The number of hydrogen-bond acceptors (Lipinski definition) is 3. The van der Waals surface area contributed by atoms with Gasteiger partial charge in [-0.3, -0.25) is 4.79 Å². The fraction of sp³-hybridized carbons (Fsp3) is 0.588. The molecule has 0 aliphatic heterocycles. The summed E-state index contributed by atoms with van der Waals surface area (Å²) in [5.41, 5.74) is 1.07. The minimum absolute atomic E-state index is 0.118. The van der Waals surface area contributed by atoms with Gasteiger partial charge in [-0.2, -0.15) is 11.8 Å². The Morgan fingerprint density at radius 3 is 2.75 bits per heavy atom. The van der Waals surface area contributed by atoms with Gasteiger partial charge in [0.2, 0.25) is 0 Å². The van der Waals surface area contributed by atoms with Crippen molar-refractivity contribution in [3.63, 3.8) is 0 Å². The van der Waals surface area contributed by atoms with Crippen molar-refractivity contribution in [2.75, 3.05) is 12.9 Å². The van der Waals surface area contributed by atoms with E-state index < -0.39 is 0 Å². The first kappa shape index (κ1) is 15.4. The molecule has 0 heterocycles. The zero-order valence-electron chi connectivity index (χ0n) is 12.4. The molecule has 2 nitrogen and oxygen atoms in total. The maximum Gasteiger partial charge on any atom is 0.313 e. The summed E-state index contributed by atoms with van der Waals surface area (Å²) in [6.45, 7) is 2.34. The van der Waals surface area contributed by atoms with E-state index in [-0.39, 0.29) is 11.9 Å². The smallest absolute Gasteiger partial charge is 0.313 e. The van der Waals surface area contributed by atoms with Crippen molar-refractivity contribution in [2.24, 2.45) is 5.92 Å². The molecule has 1 fully saturated rings. The molecule has 3 unspecified atom stereocenters. The van der Waals surface area contributed by atoms with Gasteiger partial charge in [0.1, 0.15) is 0 Å². The predicted octanol–water partition coefficient (Wildman–Crippen LogP) is 4.26. The van der Waals surface area contributed by atoms with Crippen LogP contribution in [0, 0.1) is 5.92 Å². The Balaban J connectivity index is 1.96. The van der Waals surface area contributed by atoms with Crippen LogP contribution in [-0.2, 0) is 9.53 Å². The molecule has 3 atom stereocenters. The molecule has 3 heteroatoms. The first-order valence-corrected chi connectivity index (χ1v) is 8.50. The Bertz CT molecular complexity index is 418. The third-order valence-electron chi connectivity index (χ3n) is 4.07. The Kier molecular flexibility index (Phi) is 5.96. The number of rotatable bonds is 5. The van der Waals surface area contributed by atoms with E-state index >= 15 is 0 Å². The number of methoxy groups -OCH3 is 1. The molecule has 0 N–H and O–H groups in total. The third kappa shape index (κ3) is 4.27. The number of carbonyl (C=O) groups is 1. The fourth-order valence-electron chi connectivity index (χ4n) is 2.89. The summed E-state index contributed by atoms with van der Waals surface area (Å²) < 4.78 is 4.98. The Morgan fingerprint density at radius 2 is 2.10 bits per heavy atom. The highest BCUT2D eigenvalue weighted by atomic mass is 32.2. The predicted molar refractivity (Wildman–Crippen MR) is 85.1 cm³/mol. The Morgan fingerprint density at radius 1 is 1.35 bits per heavy atom. The number of carbonyl (C=O) groups excluding carboxylic acids is 1. The second-order valence-electron chi connectivity index (χ2n) is 5.71. The van der Waals surface area contributed by atoms with Crippen molar-refractivity contribution in [1.82, 2.24) is 0 Å². The van der Waals surface area contributed by atoms with E-state index in [0.717, 1.165) is 17.2 Å². The molecule has 0 radical (unpaired) electrons. The van der Waals surface area contributed by atoms with Gasteiger partial charge in [0.05, 0.1) is 13.0 Å². The fourth-order valence-corrected chi connectivity index (χ4v) is 4.48. The molecule has 0 saturated heterocycles. The number of thioether (sulfide) groups is 1. The normalized spacial score (nSPS) is 24.1. The maximum atomic E-state index is 12.0. The van der Waals surface area contributed by atoms with E-state index in [0.29, 0.717) is 5.25 Å². The average molecular weight is 292 g/mol. The van der Waals surface area contributed by atoms with Crippen LogP contribution in [0.15, 0.2) is 30.3 Å². The molecule has 1 saturated carbocycles. The first-order valence-electron chi connectivity index (χ1n) is 7.45. The van der Waals surface area contributed by atoms with Crippen LogP contribution in [0.5, 0.6) is 0 Å². The maximum absolute atomic E-state index is 12.0. The van der Waals surface area contributed by atoms with Crippen molar-refractivity contribution < 1.29 is 9.53 Å². The molecule has 20 heavy (non-hydrogen) atoms. The summed E-state index contributed by atoms with van der Waals surface area (Å²) in [4.78, 5) is 12.0. The number of esters is 1. The van der Waals surface area contributed by atoms with Crippen molar-refractivity contribution in [2.45, 2.75) is 43.8 Å². The highest BCUT2D eigenvalue weighted by Gasteiger charge is 2.25. The Labute approximate surface area is 126 Å². The standard InChI is InChI=1S/C17H24O2S/c1-13-7-6-10-15(11-13)20-12-16(17(18)19-2)14-8-4-3-5-9-14/h3-5,8-9,13,15-16H,6-7,10-12H2,1-2H3. The zero-order valence-corrected chi connectivity index (χ0v) is 13.2.